The standard InChI is InChI=1S/C18H18F2N2O.ClH/c19-16-3-1-2-13(18(16)20)6-7-17(23)22-9-12-4-5-14-10-21-11-15(14)8-12;/h1-5,8,21H,6-7,9-11H2,(H,22,23);1H. The van der Waals surface area contributed by atoms with Crippen molar-refractivity contribution in [1.29, 1.82) is 0 Å². The number of carbonyl (C=O) groups excluding carboxylic acids is 1. The molecule has 128 valence electrons. The van der Waals surface area contributed by atoms with Gasteiger partial charge in [-0.2, -0.15) is 0 Å². The van der Waals surface area contributed by atoms with E-state index in [-0.39, 0.29) is 36.7 Å². The SMILES string of the molecule is Cl.O=C(CCc1cccc(F)c1F)NCc1ccc2c(c1)CNC2. The van der Waals surface area contributed by atoms with Gasteiger partial charge in [-0.15, -0.1) is 12.4 Å². The third-order valence-corrected chi connectivity index (χ3v) is 4.04. The summed E-state index contributed by atoms with van der Waals surface area (Å²) in [6, 6.07) is 10.2. The minimum atomic E-state index is -0.880. The molecule has 2 aromatic rings. The molecule has 1 amide bonds. The topological polar surface area (TPSA) is 41.1 Å². The zero-order valence-electron chi connectivity index (χ0n) is 13.1. The van der Waals surface area contributed by atoms with Gasteiger partial charge in [0.15, 0.2) is 11.6 Å². The molecule has 1 aliphatic heterocycles. The highest BCUT2D eigenvalue weighted by molar-refractivity contribution is 5.85. The molecule has 1 heterocycles. The average Bonchev–Trinajstić information content (AvgIpc) is 3.02. The quantitative estimate of drug-likeness (QED) is 0.867. The number of halogens is 3. The zero-order chi connectivity index (χ0) is 16.2. The number of hydrogen-bond acceptors (Lipinski definition) is 2. The molecule has 0 radical (unpaired) electrons. The predicted octanol–water partition coefficient (Wildman–Crippen LogP) is 3.24. The number of rotatable bonds is 5. The Balaban J connectivity index is 0.00000208. The molecule has 0 aliphatic carbocycles. The molecule has 3 nitrogen and oxygen atoms in total. The van der Waals surface area contributed by atoms with Crippen molar-refractivity contribution in [2.45, 2.75) is 32.5 Å². The van der Waals surface area contributed by atoms with Crippen LogP contribution in [0.5, 0.6) is 0 Å². The van der Waals surface area contributed by atoms with E-state index in [9.17, 15) is 13.6 Å². The van der Waals surface area contributed by atoms with Gasteiger partial charge in [0.05, 0.1) is 0 Å². The van der Waals surface area contributed by atoms with Crippen molar-refractivity contribution >= 4 is 18.3 Å². The summed E-state index contributed by atoms with van der Waals surface area (Å²) >= 11 is 0. The first-order valence-electron chi connectivity index (χ1n) is 7.64. The Morgan fingerprint density at radius 3 is 2.75 bits per heavy atom. The minimum Gasteiger partial charge on any atom is -0.352 e. The summed E-state index contributed by atoms with van der Waals surface area (Å²) in [6.45, 7) is 2.19. The van der Waals surface area contributed by atoms with Crippen molar-refractivity contribution in [2.75, 3.05) is 0 Å². The second-order valence-electron chi connectivity index (χ2n) is 5.70. The van der Waals surface area contributed by atoms with Crippen molar-refractivity contribution < 1.29 is 13.6 Å². The van der Waals surface area contributed by atoms with Gasteiger partial charge in [0.1, 0.15) is 0 Å². The van der Waals surface area contributed by atoms with Crippen LogP contribution >= 0.6 is 12.4 Å². The lowest BCUT2D eigenvalue weighted by Gasteiger charge is -2.08. The monoisotopic (exact) mass is 352 g/mol. The van der Waals surface area contributed by atoms with Crippen LogP contribution in [0.1, 0.15) is 28.7 Å². The van der Waals surface area contributed by atoms with Crippen molar-refractivity contribution in [2.24, 2.45) is 0 Å². The van der Waals surface area contributed by atoms with Gasteiger partial charge < -0.3 is 10.6 Å². The lowest BCUT2D eigenvalue weighted by molar-refractivity contribution is -0.121. The maximum absolute atomic E-state index is 13.5. The fourth-order valence-electron chi connectivity index (χ4n) is 2.74. The highest BCUT2D eigenvalue weighted by Crippen LogP contribution is 2.17. The van der Waals surface area contributed by atoms with Crippen molar-refractivity contribution in [3.8, 4) is 0 Å². The summed E-state index contributed by atoms with van der Waals surface area (Å²) in [5.74, 6) is -1.92. The fraction of sp³-hybridized carbons (Fsp3) is 0.278. The fourth-order valence-corrected chi connectivity index (χ4v) is 2.74. The van der Waals surface area contributed by atoms with Crippen LogP contribution in [0.25, 0.3) is 0 Å². The van der Waals surface area contributed by atoms with Gasteiger partial charge in [0.2, 0.25) is 5.91 Å². The van der Waals surface area contributed by atoms with E-state index in [0.29, 0.717) is 6.54 Å². The number of carbonyl (C=O) groups is 1. The number of fused-ring (bicyclic) bond motifs is 1. The Hall–Kier alpha value is -1.98. The Labute approximate surface area is 145 Å². The second kappa shape index (κ2) is 8.22. The van der Waals surface area contributed by atoms with E-state index in [1.54, 1.807) is 0 Å². The van der Waals surface area contributed by atoms with Crippen LogP contribution in [-0.4, -0.2) is 5.91 Å². The molecule has 2 N–H and O–H groups in total. The lowest BCUT2D eigenvalue weighted by atomic mass is 10.1. The molecule has 0 saturated heterocycles. The molecule has 0 bridgehead atoms. The molecule has 3 rings (SSSR count). The Kier molecular flexibility index (Phi) is 6.29. The van der Waals surface area contributed by atoms with Crippen LogP contribution < -0.4 is 10.6 Å². The van der Waals surface area contributed by atoms with Crippen molar-refractivity contribution in [3.05, 3.63) is 70.3 Å². The van der Waals surface area contributed by atoms with Gasteiger partial charge in [-0.1, -0.05) is 30.3 Å². The van der Waals surface area contributed by atoms with Crippen LogP contribution in [0, 0.1) is 11.6 Å². The molecular weight excluding hydrogens is 334 g/mol. The van der Waals surface area contributed by atoms with E-state index in [4.69, 9.17) is 0 Å². The van der Waals surface area contributed by atoms with Gasteiger partial charge >= 0.3 is 0 Å². The van der Waals surface area contributed by atoms with Crippen LogP contribution in [-0.2, 0) is 30.8 Å². The second-order valence-corrected chi connectivity index (χ2v) is 5.70. The predicted molar refractivity (Wildman–Crippen MR) is 90.8 cm³/mol. The number of aryl methyl sites for hydroxylation is 1. The van der Waals surface area contributed by atoms with Gasteiger partial charge in [-0.25, -0.2) is 8.78 Å². The summed E-state index contributed by atoms with van der Waals surface area (Å²) in [6.07, 6.45) is 0.316. The largest absolute Gasteiger partial charge is 0.352 e. The minimum absolute atomic E-state index is 0. The molecule has 6 heteroatoms. The first-order chi connectivity index (χ1) is 11.1. The van der Waals surface area contributed by atoms with Gasteiger partial charge in [-0.05, 0) is 34.7 Å². The summed E-state index contributed by atoms with van der Waals surface area (Å²) in [5.41, 5.74) is 3.82. The molecule has 0 atom stereocenters. The molecule has 2 aromatic carbocycles. The van der Waals surface area contributed by atoms with E-state index in [1.165, 1.54) is 23.3 Å². The molecule has 0 fully saturated rings. The van der Waals surface area contributed by atoms with E-state index < -0.39 is 11.6 Å². The number of benzene rings is 2. The summed E-state index contributed by atoms with van der Waals surface area (Å²) < 4.78 is 26.6. The Bertz CT molecular complexity index is 737. The summed E-state index contributed by atoms with van der Waals surface area (Å²) in [4.78, 5) is 11.9. The summed E-state index contributed by atoms with van der Waals surface area (Å²) in [5, 5.41) is 6.09. The van der Waals surface area contributed by atoms with E-state index >= 15 is 0 Å². The molecule has 0 spiro atoms. The van der Waals surface area contributed by atoms with Gasteiger partial charge in [0, 0.05) is 26.1 Å². The Morgan fingerprint density at radius 1 is 1.12 bits per heavy atom. The van der Waals surface area contributed by atoms with Gasteiger partial charge in [0.25, 0.3) is 0 Å². The number of hydrogen-bond donors (Lipinski definition) is 2. The molecule has 1 aliphatic rings. The first-order valence-corrected chi connectivity index (χ1v) is 7.64. The molecule has 0 unspecified atom stereocenters. The highest BCUT2D eigenvalue weighted by Gasteiger charge is 2.11. The van der Waals surface area contributed by atoms with Crippen molar-refractivity contribution in [1.82, 2.24) is 10.6 Å². The average molecular weight is 353 g/mol. The Morgan fingerprint density at radius 2 is 1.92 bits per heavy atom. The smallest absolute Gasteiger partial charge is 0.220 e. The molecule has 0 saturated carbocycles. The van der Waals surface area contributed by atoms with Gasteiger partial charge in [-0.3, -0.25) is 4.79 Å². The van der Waals surface area contributed by atoms with Crippen molar-refractivity contribution in [3.63, 3.8) is 0 Å². The first kappa shape index (κ1) is 18.4. The normalized spacial score (nSPS) is 12.4. The van der Waals surface area contributed by atoms with E-state index in [0.717, 1.165) is 24.7 Å². The highest BCUT2D eigenvalue weighted by atomic mass is 35.5. The zero-order valence-corrected chi connectivity index (χ0v) is 13.9. The van der Waals surface area contributed by atoms with E-state index in [2.05, 4.69) is 22.8 Å². The van der Waals surface area contributed by atoms with Crippen LogP contribution in [0.15, 0.2) is 36.4 Å². The van der Waals surface area contributed by atoms with Crippen LogP contribution in [0.2, 0.25) is 0 Å². The third kappa shape index (κ3) is 4.30. The van der Waals surface area contributed by atoms with E-state index in [1.807, 2.05) is 6.07 Å². The number of amides is 1. The van der Waals surface area contributed by atoms with Crippen LogP contribution in [0.4, 0.5) is 8.78 Å². The van der Waals surface area contributed by atoms with Crippen LogP contribution in [0.3, 0.4) is 0 Å². The summed E-state index contributed by atoms with van der Waals surface area (Å²) in [7, 11) is 0. The molecule has 0 aromatic heterocycles. The molecular formula is C18H19ClF2N2O. The molecule has 24 heavy (non-hydrogen) atoms. The maximum atomic E-state index is 13.5. The third-order valence-electron chi connectivity index (χ3n) is 4.04. The maximum Gasteiger partial charge on any atom is 0.220 e. The number of nitrogens with one attached hydrogen (secondary N) is 2. The lowest BCUT2D eigenvalue weighted by Crippen LogP contribution is -2.23.